The molecule has 3 aliphatic rings. The van der Waals surface area contributed by atoms with Crippen molar-refractivity contribution in [1.82, 2.24) is 15.1 Å². The van der Waals surface area contributed by atoms with Gasteiger partial charge in [-0.25, -0.2) is 0 Å². The molecule has 4 aromatic rings. The maximum Gasteiger partial charge on any atom is 0.261 e. The van der Waals surface area contributed by atoms with Crippen LogP contribution in [0.3, 0.4) is 0 Å². The minimum Gasteiger partial charge on any atom is -0.493 e. The van der Waals surface area contributed by atoms with Gasteiger partial charge in [0.15, 0.2) is 11.5 Å². The highest BCUT2D eigenvalue weighted by molar-refractivity contribution is 6.25. The van der Waals surface area contributed by atoms with E-state index in [2.05, 4.69) is 10.3 Å². The van der Waals surface area contributed by atoms with Crippen LogP contribution in [0.1, 0.15) is 49.5 Å². The Balaban J connectivity index is 0.958. The Morgan fingerprint density at radius 1 is 0.915 bits per heavy atom. The van der Waals surface area contributed by atoms with Crippen molar-refractivity contribution in [3.63, 3.8) is 0 Å². The van der Waals surface area contributed by atoms with Crippen LogP contribution in [0.15, 0.2) is 95.5 Å². The molecule has 0 unspecified atom stereocenters. The number of rotatable bonds is 9. The van der Waals surface area contributed by atoms with Gasteiger partial charge >= 0.3 is 0 Å². The van der Waals surface area contributed by atoms with E-state index in [0.717, 1.165) is 16.5 Å². The summed E-state index contributed by atoms with van der Waals surface area (Å²) in [5.41, 5.74) is 3.73. The third-order valence-corrected chi connectivity index (χ3v) is 8.69. The molecule has 1 atom stereocenters. The second kappa shape index (κ2) is 12.6. The SMILES string of the molecule is COc1cc2c(cc1OCc1ccccc1)N=C[C@@H]1C/C(=C/C(=O)NCCCN3C(=O)c4cccc5cccc(c45)C3=O)CN1C2=O. The molecule has 0 aromatic heterocycles. The molecule has 3 aliphatic heterocycles. The standard InChI is InChI=1S/C37H32N4O6/c1-46-31-18-29-30(19-32(31)47-22-23-8-3-2-4-9-23)39-20-26-16-24(21-41(26)37(29)45)17-33(42)38-14-7-15-40-35(43)27-12-5-10-25-11-6-13-28(34(25)27)36(40)44/h2-6,8-13,17-20,26H,7,14-16,21-22H2,1H3,(H,38,42)/b24-17-/t26-/m0/s1. The van der Waals surface area contributed by atoms with Crippen LogP contribution in [-0.4, -0.2) is 72.4 Å². The number of ether oxygens (including phenoxy) is 2. The van der Waals surface area contributed by atoms with Gasteiger partial charge in [0.2, 0.25) is 5.91 Å². The van der Waals surface area contributed by atoms with Gasteiger partial charge in [-0.1, -0.05) is 54.6 Å². The first kappa shape index (κ1) is 29.9. The molecule has 4 aromatic carbocycles. The van der Waals surface area contributed by atoms with Crippen molar-refractivity contribution >= 4 is 46.3 Å². The zero-order valence-corrected chi connectivity index (χ0v) is 25.8. The zero-order valence-electron chi connectivity index (χ0n) is 25.8. The number of methoxy groups -OCH3 is 1. The molecule has 0 spiro atoms. The summed E-state index contributed by atoms with van der Waals surface area (Å²) in [7, 11) is 1.53. The Morgan fingerprint density at radius 2 is 1.66 bits per heavy atom. The lowest BCUT2D eigenvalue weighted by molar-refractivity contribution is -0.116. The van der Waals surface area contributed by atoms with Crippen LogP contribution >= 0.6 is 0 Å². The average molecular weight is 629 g/mol. The molecule has 0 radical (unpaired) electrons. The first-order valence-electron chi connectivity index (χ1n) is 15.5. The van der Waals surface area contributed by atoms with Crippen molar-refractivity contribution in [2.45, 2.75) is 25.5 Å². The number of imide groups is 1. The smallest absolute Gasteiger partial charge is 0.261 e. The number of nitrogens with one attached hydrogen (secondary N) is 1. The van der Waals surface area contributed by atoms with Gasteiger partial charge in [-0.2, -0.15) is 0 Å². The molecule has 3 heterocycles. The third kappa shape index (κ3) is 5.74. The fraction of sp³-hybridized carbons (Fsp3) is 0.216. The van der Waals surface area contributed by atoms with Gasteiger partial charge in [-0.3, -0.25) is 29.1 Å². The van der Waals surface area contributed by atoms with E-state index >= 15 is 0 Å². The first-order valence-corrected chi connectivity index (χ1v) is 15.5. The molecule has 10 heteroatoms. The lowest BCUT2D eigenvalue weighted by Crippen LogP contribution is -2.41. The fourth-order valence-corrected chi connectivity index (χ4v) is 6.36. The molecule has 1 fully saturated rings. The molecule has 236 valence electrons. The van der Waals surface area contributed by atoms with Crippen molar-refractivity contribution in [2.24, 2.45) is 4.99 Å². The molecule has 0 aliphatic carbocycles. The number of hydrogen-bond acceptors (Lipinski definition) is 7. The van der Waals surface area contributed by atoms with Crippen molar-refractivity contribution < 1.29 is 28.7 Å². The van der Waals surface area contributed by atoms with E-state index in [4.69, 9.17) is 9.47 Å². The van der Waals surface area contributed by atoms with Gasteiger partial charge in [0.05, 0.1) is 24.4 Å². The third-order valence-electron chi connectivity index (χ3n) is 8.69. The number of carbonyl (C=O) groups excluding carboxylic acids is 4. The number of amides is 4. The lowest BCUT2D eigenvalue weighted by atomic mass is 9.94. The maximum atomic E-state index is 13.6. The molecule has 7 rings (SSSR count). The minimum absolute atomic E-state index is 0.182. The van der Waals surface area contributed by atoms with Gasteiger partial charge in [0, 0.05) is 54.5 Å². The zero-order chi connectivity index (χ0) is 32.5. The topological polar surface area (TPSA) is 118 Å². The van der Waals surface area contributed by atoms with Gasteiger partial charge in [0.25, 0.3) is 17.7 Å². The average Bonchev–Trinajstić information content (AvgIpc) is 3.45. The number of nitrogens with zero attached hydrogens (tertiary/aromatic N) is 3. The van der Waals surface area contributed by atoms with Gasteiger partial charge < -0.3 is 19.7 Å². The number of benzene rings is 4. The predicted molar refractivity (Wildman–Crippen MR) is 176 cm³/mol. The number of aliphatic imine (C=N–C) groups is 1. The molecule has 0 saturated carbocycles. The summed E-state index contributed by atoms with van der Waals surface area (Å²) < 4.78 is 11.6. The summed E-state index contributed by atoms with van der Waals surface area (Å²) in [5, 5.41) is 4.40. The summed E-state index contributed by atoms with van der Waals surface area (Å²) >= 11 is 0. The summed E-state index contributed by atoms with van der Waals surface area (Å²) in [6.07, 6.45) is 4.14. The minimum atomic E-state index is -0.326. The van der Waals surface area contributed by atoms with E-state index in [9.17, 15) is 19.2 Å². The summed E-state index contributed by atoms with van der Waals surface area (Å²) in [6.45, 7) is 1.10. The Hall–Kier alpha value is -5.77. The number of hydrogen-bond donors (Lipinski definition) is 1. The Morgan fingerprint density at radius 3 is 2.38 bits per heavy atom. The number of fused-ring (bicyclic) bond motifs is 2. The van der Waals surface area contributed by atoms with Crippen molar-refractivity contribution in [3.8, 4) is 11.5 Å². The van der Waals surface area contributed by atoms with E-state index in [1.807, 2.05) is 54.6 Å². The Kier molecular flexibility index (Phi) is 7.99. The second-order valence-electron chi connectivity index (χ2n) is 11.7. The first-order chi connectivity index (χ1) is 22.9. The molecule has 0 bridgehead atoms. The van der Waals surface area contributed by atoms with Gasteiger partial charge in [-0.15, -0.1) is 0 Å². The van der Waals surface area contributed by atoms with Crippen LogP contribution in [0.5, 0.6) is 11.5 Å². The Labute approximate surface area is 271 Å². The van der Waals surface area contributed by atoms with Crippen LogP contribution in [0, 0.1) is 0 Å². The van der Waals surface area contributed by atoms with Crippen LogP contribution in [-0.2, 0) is 11.4 Å². The fourth-order valence-electron chi connectivity index (χ4n) is 6.36. The highest BCUT2D eigenvalue weighted by Gasteiger charge is 2.35. The normalized spacial score (nSPS) is 17.5. The molecular weight excluding hydrogens is 596 g/mol. The lowest BCUT2D eigenvalue weighted by Gasteiger charge is -2.27. The van der Waals surface area contributed by atoms with Gasteiger partial charge in [-0.05, 0) is 47.6 Å². The largest absolute Gasteiger partial charge is 0.493 e. The van der Waals surface area contributed by atoms with Crippen LogP contribution in [0.4, 0.5) is 5.69 Å². The highest BCUT2D eigenvalue weighted by Crippen LogP contribution is 2.39. The second-order valence-corrected chi connectivity index (χ2v) is 11.7. The molecular formula is C37H32N4O6. The molecule has 4 amide bonds. The summed E-state index contributed by atoms with van der Waals surface area (Å²) in [4.78, 5) is 60.2. The maximum absolute atomic E-state index is 13.6. The quantitative estimate of drug-likeness (QED) is 0.157. The molecule has 1 N–H and O–H groups in total. The summed E-state index contributed by atoms with van der Waals surface area (Å²) in [6, 6.07) is 23.7. The monoisotopic (exact) mass is 628 g/mol. The van der Waals surface area contributed by atoms with Crippen LogP contribution < -0.4 is 14.8 Å². The molecule has 1 saturated heterocycles. The van der Waals surface area contributed by atoms with E-state index in [1.165, 1.54) is 18.1 Å². The van der Waals surface area contributed by atoms with Crippen molar-refractivity contribution in [3.05, 3.63) is 113 Å². The van der Waals surface area contributed by atoms with E-state index < -0.39 is 0 Å². The van der Waals surface area contributed by atoms with Crippen molar-refractivity contribution in [2.75, 3.05) is 26.7 Å². The number of carbonyl (C=O) groups is 4. The van der Waals surface area contributed by atoms with Crippen LogP contribution in [0.2, 0.25) is 0 Å². The molecule has 47 heavy (non-hydrogen) atoms. The summed E-state index contributed by atoms with van der Waals surface area (Å²) in [5.74, 6) is -0.218. The van der Waals surface area contributed by atoms with Gasteiger partial charge in [0.1, 0.15) is 6.61 Å². The molecule has 10 nitrogen and oxygen atoms in total. The van der Waals surface area contributed by atoms with E-state index in [1.54, 1.807) is 35.4 Å². The van der Waals surface area contributed by atoms with E-state index in [-0.39, 0.29) is 42.8 Å². The van der Waals surface area contributed by atoms with E-state index in [0.29, 0.717) is 65.3 Å². The highest BCUT2D eigenvalue weighted by atomic mass is 16.5. The predicted octanol–water partition coefficient (Wildman–Crippen LogP) is 5.09. The van der Waals surface area contributed by atoms with Crippen LogP contribution in [0.25, 0.3) is 10.8 Å². The van der Waals surface area contributed by atoms with Crippen molar-refractivity contribution in [1.29, 1.82) is 0 Å². The Bertz CT molecular complexity index is 1940.